The number of aryl methyl sites for hydroxylation is 1. The van der Waals surface area contributed by atoms with Crippen molar-refractivity contribution >= 4 is 45.5 Å². The summed E-state index contributed by atoms with van der Waals surface area (Å²) in [6.07, 6.45) is 5.73. The van der Waals surface area contributed by atoms with Gasteiger partial charge in [0, 0.05) is 37.4 Å². The molecule has 1 amide bonds. The number of carbonyl (C=O) groups is 1. The van der Waals surface area contributed by atoms with E-state index in [0.717, 1.165) is 16.9 Å². The normalized spacial score (nSPS) is 23.8. The molecule has 4 aromatic rings. The fourth-order valence-corrected chi connectivity index (χ4v) is 5.93. The molecular formula is C25H29ClN8O3. The maximum atomic E-state index is 12.9. The summed E-state index contributed by atoms with van der Waals surface area (Å²) in [5.74, 6) is 1.17. The van der Waals surface area contributed by atoms with Gasteiger partial charge in [-0.15, -0.1) is 0 Å². The number of piperidine rings is 1. The highest BCUT2D eigenvalue weighted by Gasteiger charge is 2.50. The molecule has 194 valence electrons. The molecule has 3 aromatic heterocycles. The lowest BCUT2D eigenvalue weighted by Gasteiger charge is -2.51. The number of likely N-dealkylation sites (tertiary alicyclic amines) is 1. The number of nitrogen functional groups attached to an aromatic ring is 1. The van der Waals surface area contributed by atoms with Crippen LogP contribution < -0.4 is 5.73 Å². The number of nitrogens with zero attached hydrogens (tertiary/aromatic N) is 6. The minimum atomic E-state index is -1.05. The van der Waals surface area contributed by atoms with Crippen LogP contribution in [0.25, 0.3) is 22.2 Å². The van der Waals surface area contributed by atoms with E-state index in [1.165, 1.54) is 6.33 Å². The fourth-order valence-electron chi connectivity index (χ4n) is 5.76. The molecule has 6 rings (SSSR count). The lowest BCUT2D eigenvalue weighted by atomic mass is 9.75. The topological polar surface area (TPSA) is 148 Å². The van der Waals surface area contributed by atoms with E-state index in [9.17, 15) is 9.90 Å². The average Bonchev–Trinajstić information content (AvgIpc) is 3.47. The van der Waals surface area contributed by atoms with Crippen LogP contribution in [0.1, 0.15) is 44.5 Å². The number of fused-ring (bicyclic) bond motifs is 2. The second kappa shape index (κ2) is 8.93. The number of halogens is 1. The van der Waals surface area contributed by atoms with Crippen molar-refractivity contribution in [2.24, 2.45) is 0 Å². The number of aliphatic hydroxyl groups is 1. The van der Waals surface area contributed by atoms with Gasteiger partial charge >= 0.3 is 0 Å². The van der Waals surface area contributed by atoms with Gasteiger partial charge in [0.25, 0.3) is 0 Å². The van der Waals surface area contributed by atoms with Crippen molar-refractivity contribution in [1.82, 2.24) is 34.4 Å². The molecule has 2 aliphatic heterocycles. The Balaban J connectivity index is 1.07. The number of H-pyrrole nitrogens is 1. The zero-order valence-electron chi connectivity index (χ0n) is 20.5. The Morgan fingerprint density at radius 3 is 2.89 bits per heavy atom. The number of hydrogen-bond acceptors (Lipinski definition) is 8. The molecule has 0 bridgehead atoms. The van der Waals surface area contributed by atoms with Crippen LogP contribution in [0.4, 0.5) is 5.82 Å². The van der Waals surface area contributed by atoms with E-state index < -0.39 is 11.2 Å². The molecule has 2 saturated heterocycles. The smallest absolute Gasteiger partial charge is 0.223 e. The van der Waals surface area contributed by atoms with Crippen LogP contribution in [0.5, 0.6) is 0 Å². The predicted molar refractivity (Wildman–Crippen MR) is 138 cm³/mol. The third kappa shape index (κ3) is 4.41. The first-order valence-corrected chi connectivity index (χ1v) is 12.8. The van der Waals surface area contributed by atoms with E-state index in [-0.39, 0.29) is 11.9 Å². The molecule has 12 heteroatoms. The second-order valence-electron chi connectivity index (χ2n) is 10.4. The van der Waals surface area contributed by atoms with Gasteiger partial charge in [0.15, 0.2) is 11.5 Å². The van der Waals surface area contributed by atoms with Gasteiger partial charge in [-0.1, -0.05) is 11.6 Å². The Labute approximate surface area is 218 Å². The molecule has 1 aromatic carbocycles. The molecule has 1 spiro atoms. The van der Waals surface area contributed by atoms with Crippen molar-refractivity contribution in [2.45, 2.75) is 56.3 Å². The summed E-state index contributed by atoms with van der Waals surface area (Å²) in [6, 6.07) is 5.14. The molecule has 2 atom stereocenters. The predicted octanol–water partition coefficient (Wildman–Crippen LogP) is 2.64. The largest absolute Gasteiger partial charge is 0.388 e. The fraction of sp³-hybridized carbons (Fsp3) is 0.480. The third-order valence-corrected chi connectivity index (χ3v) is 8.00. The minimum absolute atomic E-state index is 0.0935. The van der Waals surface area contributed by atoms with Gasteiger partial charge in [-0.25, -0.2) is 19.9 Å². The minimum Gasteiger partial charge on any atom is -0.388 e. The number of anilines is 1. The van der Waals surface area contributed by atoms with Gasteiger partial charge < -0.3 is 30.0 Å². The van der Waals surface area contributed by atoms with E-state index >= 15 is 0 Å². The summed E-state index contributed by atoms with van der Waals surface area (Å²) < 4.78 is 8.24. The van der Waals surface area contributed by atoms with Gasteiger partial charge in [-0.2, -0.15) is 0 Å². The Kier molecular flexibility index (Phi) is 5.81. The van der Waals surface area contributed by atoms with Crippen molar-refractivity contribution in [3.8, 4) is 0 Å². The zero-order valence-corrected chi connectivity index (χ0v) is 21.3. The summed E-state index contributed by atoms with van der Waals surface area (Å²) in [4.78, 5) is 35.3. The van der Waals surface area contributed by atoms with Gasteiger partial charge in [0.05, 0.1) is 41.2 Å². The van der Waals surface area contributed by atoms with Crippen molar-refractivity contribution < 1.29 is 14.6 Å². The molecule has 11 nitrogen and oxygen atoms in total. The molecule has 5 heterocycles. The van der Waals surface area contributed by atoms with Crippen LogP contribution in [0, 0.1) is 0 Å². The van der Waals surface area contributed by atoms with E-state index in [0.29, 0.717) is 73.8 Å². The Morgan fingerprint density at radius 1 is 1.30 bits per heavy atom. The van der Waals surface area contributed by atoms with Gasteiger partial charge in [0.1, 0.15) is 17.7 Å². The van der Waals surface area contributed by atoms with E-state index in [2.05, 4.69) is 24.9 Å². The van der Waals surface area contributed by atoms with Crippen LogP contribution in [0.2, 0.25) is 5.02 Å². The molecule has 0 radical (unpaired) electrons. The Hall–Kier alpha value is -3.28. The SMILES string of the molecule is C[C@@]1(O)CC2(CCN(C(=O)CCc3nc4ccc(Cl)cc4[nH]3)CC2)OC[C@H]1n1cnc2c(N)ncnc21. The number of imidazole rings is 2. The summed E-state index contributed by atoms with van der Waals surface area (Å²) in [5.41, 5.74) is 7.20. The zero-order chi connectivity index (χ0) is 25.8. The summed E-state index contributed by atoms with van der Waals surface area (Å²) in [7, 11) is 0. The number of hydrogen-bond donors (Lipinski definition) is 3. The average molecular weight is 525 g/mol. The quantitative estimate of drug-likeness (QED) is 0.369. The lowest BCUT2D eigenvalue weighted by molar-refractivity contribution is -0.196. The van der Waals surface area contributed by atoms with Crippen molar-refractivity contribution in [1.29, 1.82) is 0 Å². The number of amides is 1. The number of nitrogens with one attached hydrogen (secondary N) is 1. The number of aromatic nitrogens is 6. The monoisotopic (exact) mass is 524 g/mol. The lowest BCUT2D eigenvalue weighted by Crippen LogP contribution is -2.58. The molecule has 2 aliphatic rings. The number of rotatable bonds is 4. The first-order valence-electron chi connectivity index (χ1n) is 12.4. The van der Waals surface area contributed by atoms with Crippen molar-refractivity contribution in [2.75, 3.05) is 25.4 Å². The number of ether oxygens (including phenoxy) is 1. The number of benzene rings is 1. The molecule has 2 fully saturated rings. The highest BCUT2D eigenvalue weighted by Crippen LogP contribution is 2.44. The van der Waals surface area contributed by atoms with Gasteiger partial charge in [0.2, 0.25) is 5.91 Å². The summed E-state index contributed by atoms with van der Waals surface area (Å²) in [6.45, 7) is 3.32. The first-order chi connectivity index (χ1) is 17.7. The van der Waals surface area contributed by atoms with Crippen LogP contribution in [-0.4, -0.2) is 76.3 Å². The maximum Gasteiger partial charge on any atom is 0.223 e. The third-order valence-electron chi connectivity index (χ3n) is 7.76. The molecule has 0 unspecified atom stereocenters. The van der Waals surface area contributed by atoms with Crippen molar-refractivity contribution in [3.63, 3.8) is 0 Å². The molecule has 0 aliphatic carbocycles. The first kappa shape index (κ1) is 24.1. The van der Waals surface area contributed by atoms with Crippen LogP contribution in [0.15, 0.2) is 30.9 Å². The van der Waals surface area contributed by atoms with Crippen molar-refractivity contribution in [3.05, 3.63) is 41.7 Å². The Bertz CT molecular complexity index is 1470. The van der Waals surface area contributed by atoms with E-state index in [1.807, 2.05) is 28.5 Å². The van der Waals surface area contributed by atoms with Gasteiger partial charge in [-0.05, 0) is 38.0 Å². The maximum absolute atomic E-state index is 12.9. The molecule has 4 N–H and O–H groups in total. The van der Waals surface area contributed by atoms with Gasteiger partial charge in [-0.3, -0.25) is 4.79 Å². The Morgan fingerprint density at radius 2 is 2.11 bits per heavy atom. The highest BCUT2D eigenvalue weighted by atomic mass is 35.5. The number of carbonyl (C=O) groups excluding carboxylic acids is 1. The number of nitrogens with two attached hydrogens (primary N) is 1. The van der Waals surface area contributed by atoms with Crippen LogP contribution in [0.3, 0.4) is 0 Å². The van der Waals surface area contributed by atoms with E-state index in [1.54, 1.807) is 12.4 Å². The summed E-state index contributed by atoms with van der Waals surface area (Å²) in [5, 5.41) is 12.2. The molecule has 37 heavy (non-hydrogen) atoms. The second-order valence-corrected chi connectivity index (χ2v) is 10.8. The van der Waals surface area contributed by atoms with Crippen LogP contribution >= 0.6 is 11.6 Å². The molecular weight excluding hydrogens is 496 g/mol. The van der Waals surface area contributed by atoms with E-state index in [4.69, 9.17) is 22.1 Å². The highest BCUT2D eigenvalue weighted by molar-refractivity contribution is 6.31. The number of aromatic amines is 1. The summed E-state index contributed by atoms with van der Waals surface area (Å²) >= 11 is 6.05. The van der Waals surface area contributed by atoms with Crippen LogP contribution in [-0.2, 0) is 16.0 Å². The standard InChI is InChI=1S/C25H29ClN8O3/c1-24(36)12-25(37-11-18(24)34-14-30-21-22(27)28-13-29-23(21)34)6-8-33(9-7-25)20(35)5-4-19-31-16-3-2-15(26)10-17(16)32-19/h2-3,10,13-14,18,36H,4-9,11-12H2,1H3,(H,31,32)(H2,27,28,29)/t18-,24-/m1/s1. The molecule has 0 saturated carbocycles.